The molecule has 0 aliphatic rings. The van der Waals surface area contributed by atoms with E-state index in [2.05, 4.69) is 5.32 Å². The second kappa shape index (κ2) is 18.2. The monoisotopic (exact) mass is 733 g/mol. The Morgan fingerprint density at radius 1 is 0.712 bits per heavy atom. The van der Waals surface area contributed by atoms with Crippen LogP contribution in [0.15, 0.2) is 95.9 Å². The Bertz CT molecular complexity index is 1920. The summed E-state index contributed by atoms with van der Waals surface area (Å²) in [5, 5.41) is 3.04. The molecule has 4 rings (SSSR count). The summed E-state index contributed by atoms with van der Waals surface area (Å²) in [6.45, 7) is 3.11. The van der Waals surface area contributed by atoms with Crippen molar-refractivity contribution in [2.75, 3.05) is 46.4 Å². The number of anilines is 1. The molecule has 0 aliphatic carbocycles. The Morgan fingerprint density at radius 3 is 1.98 bits per heavy atom. The van der Waals surface area contributed by atoms with Gasteiger partial charge in [-0.05, 0) is 60.9 Å². The van der Waals surface area contributed by atoms with E-state index in [0.29, 0.717) is 29.2 Å². The van der Waals surface area contributed by atoms with Gasteiger partial charge in [-0.15, -0.1) is 0 Å². The number of nitrogens with zero attached hydrogens (tertiary/aromatic N) is 2. The number of hydrogen-bond acceptors (Lipinski definition) is 9. The van der Waals surface area contributed by atoms with E-state index in [-0.39, 0.29) is 47.0 Å². The second-order valence-corrected chi connectivity index (χ2v) is 13.8. The van der Waals surface area contributed by atoms with Gasteiger partial charge in [0.15, 0.2) is 11.5 Å². The minimum Gasteiger partial charge on any atom is -0.497 e. The Morgan fingerprint density at radius 2 is 1.35 bits per heavy atom. The summed E-state index contributed by atoms with van der Waals surface area (Å²) in [5.74, 6) is 0.554. The molecule has 2 amide bonds. The predicted molar refractivity (Wildman–Crippen MR) is 199 cm³/mol. The van der Waals surface area contributed by atoms with Crippen LogP contribution in [-0.2, 0) is 32.6 Å². The van der Waals surface area contributed by atoms with E-state index in [4.69, 9.17) is 23.7 Å². The average molecular weight is 734 g/mol. The molecule has 0 saturated carbocycles. The van der Waals surface area contributed by atoms with Crippen LogP contribution in [0.4, 0.5) is 5.69 Å². The van der Waals surface area contributed by atoms with Gasteiger partial charge >= 0.3 is 0 Å². The number of carbonyl (C=O) groups is 2. The van der Waals surface area contributed by atoms with Gasteiger partial charge in [0, 0.05) is 31.1 Å². The zero-order valence-corrected chi connectivity index (χ0v) is 31.4. The van der Waals surface area contributed by atoms with Gasteiger partial charge in [-0.1, -0.05) is 49.4 Å². The number of ether oxygens (including phenoxy) is 5. The highest BCUT2D eigenvalue weighted by molar-refractivity contribution is 7.92. The van der Waals surface area contributed by atoms with Gasteiger partial charge in [-0.25, -0.2) is 8.42 Å². The number of methoxy groups -OCH3 is 5. The highest BCUT2D eigenvalue weighted by Crippen LogP contribution is 2.38. The van der Waals surface area contributed by atoms with Gasteiger partial charge in [-0.2, -0.15) is 0 Å². The summed E-state index contributed by atoms with van der Waals surface area (Å²) in [5.41, 5.74) is 1.55. The van der Waals surface area contributed by atoms with Crippen molar-refractivity contribution < 1.29 is 41.7 Å². The SMILES string of the molecule is CC[C@H](C)NC(=O)[C@H](Cc1ccccc1)N(Cc1cccc(OC)c1)C(=O)CN(c1cc(OC)ccc1OC)S(=O)(=O)c1ccc(OC)c(OC)c1. The van der Waals surface area contributed by atoms with E-state index < -0.39 is 28.5 Å². The van der Waals surface area contributed by atoms with Crippen LogP contribution in [0.25, 0.3) is 0 Å². The van der Waals surface area contributed by atoms with Crippen LogP contribution in [-0.4, -0.2) is 79.3 Å². The molecule has 278 valence electrons. The van der Waals surface area contributed by atoms with E-state index in [0.717, 1.165) is 9.87 Å². The molecule has 1 N–H and O–H groups in total. The zero-order valence-electron chi connectivity index (χ0n) is 30.6. The maximum absolute atomic E-state index is 14.9. The highest BCUT2D eigenvalue weighted by Gasteiger charge is 2.36. The summed E-state index contributed by atoms with van der Waals surface area (Å²) in [7, 11) is 2.71. The third-order valence-electron chi connectivity index (χ3n) is 8.64. The second-order valence-electron chi connectivity index (χ2n) is 12.0. The fourth-order valence-electron chi connectivity index (χ4n) is 5.57. The summed E-state index contributed by atoms with van der Waals surface area (Å²) >= 11 is 0. The topological polar surface area (TPSA) is 133 Å². The predicted octanol–water partition coefficient (Wildman–Crippen LogP) is 5.48. The first-order valence-electron chi connectivity index (χ1n) is 16.7. The molecular weight excluding hydrogens is 687 g/mol. The summed E-state index contributed by atoms with van der Waals surface area (Å²) in [4.78, 5) is 30.3. The van der Waals surface area contributed by atoms with Gasteiger partial charge in [0.2, 0.25) is 11.8 Å². The van der Waals surface area contributed by atoms with Crippen LogP contribution in [0.2, 0.25) is 0 Å². The molecule has 52 heavy (non-hydrogen) atoms. The fourth-order valence-corrected chi connectivity index (χ4v) is 7.00. The third kappa shape index (κ3) is 9.46. The molecule has 0 radical (unpaired) electrons. The van der Waals surface area contributed by atoms with Crippen molar-refractivity contribution in [3.05, 3.63) is 102 Å². The molecular formula is C39H47N3O9S. The van der Waals surface area contributed by atoms with Crippen molar-refractivity contribution in [2.45, 2.75) is 50.2 Å². The van der Waals surface area contributed by atoms with E-state index in [1.165, 1.54) is 64.7 Å². The molecule has 0 fully saturated rings. The van der Waals surface area contributed by atoms with Gasteiger partial charge in [0.1, 0.15) is 29.8 Å². The largest absolute Gasteiger partial charge is 0.497 e. The van der Waals surface area contributed by atoms with Crippen molar-refractivity contribution in [3.63, 3.8) is 0 Å². The maximum atomic E-state index is 14.9. The van der Waals surface area contributed by atoms with Gasteiger partial charge in [0.05, 0.1) is 46.1 Å². The molecule has 12 nitrogen and oxygen atoms in total. The standard InChI is InChI=1S/C39H47N3O9S/c1-8-27(2)40-39(44)34(22-28-13-10-9-11-14-28)41(25-29-15-12-16-30(21-29)47-3)38(43)26-42(33-23-31(48-4)17-19-35(33)49-5)52(45,46)32-18-20-36(50-6)37(24-32)51-7/h9-21,23-24,27,34H,8,22,25-26H2,1-7H3,(H,40,44)/t27-,34-/m0/s1. The minimum atomic E-state index is -4.51. The molecule has 0 aliphatic heterocycles. The van der Waals surface area contributed by atoms with Gasteiger partial charge < -0.3 is 33.9 Å². The average Bonchev–Trinajstić information content (AvgIpc) is 3.17. The number of sulfonamides is 1. The van der Waals surface area contributed by atoms with Gasteiger partial charge in [0.25, 0.3) is 10.0 Å². The molecule has 0 unspecified atom stereocenters. The number of carbonyl (C=O) groups excluding carboxylic acids is 2. The molecule has 0 bridgehead atoms. The Kier molecular flexibility index (Phi) is 13.8. The van der Waals surface area contributed by atoms with Crippen molar-refractivity contribution in [3.8, 4) is 28.7 Å². The van der Waals surface area contributed by atoms with Crippen LogP contribution in [0.3, 0.4) is 0 Å². The van der Waals surface area contributed by atoms with Crippen LogP contribution in [0.1, 0.15) is 31.4 Å². The zero-order chi connectivity index (χ0) is 37.8. The molecule has 0 heterocycles. The van der Waals surface area contributed by atoms with Crippen molar-refractivity contribution in [1.29, 1.82) is 0 Å². The first-order valence-corrected chi connectivity index (χ1v) is 18.2. The number of benzene rings is 4. The lowest BCUT2D eigenvalue weighted by Gasteiger charge is -2.34. The third-order valence-corrected chi connectivity index (χ3v) is 10.4. The van der Waals surface area contributed by atoms with Gasteiger partial charge in [-0.3, -0.25) is 13.9 Å². The molecule has 0 saturated heterocycles. The highest BCUT2D eigenvalue weighted by atomic mass is 32.2. The van der Waals surface area contributed by atoms with Crippen LogP contribution in [0, 0.1) is 0 Å². The molecule has 4 aromatic carbocycles. The molecule has 4 aromatic rings. The maximum Gasteiger partial charge on any atom is 0.265 e. The van der Waals surface area contributed by atoms with E-state index in [1.807, 2.05) is 50.2 Å². The fraction of sp³-hybridized carbons (Fsp3) is 0.333. The number of nitrogens with one attached hydrogen (secondary N) is 1. The number of amides is 2. The Hall–Kier alpha value is -5.43. The van der Waals surface area contributed by atoms with Crippen molar-refractivity contribution in [2.24, 2.45) is 0 Å². The quantitative estimate of drug-likeness (QED) is 0.141. The van der Waals surface area contributed by atoms with Crippen molar-refractivity contribution >= 4 is 27.5 Å². The number of rotatable bonds is 18. The summed E-state index contributed by atoms with van der Waals surface area (Å²) in [6.07, 6.45) is 0.838. The van der Waals surface area contributed by atoms with Crippen molar-refractivity contribution in [1.82, 2.24) is 10.2 Å². The summed E-state index contributed by atoms with van der Waals surface area (Å²) < 4.78 is 57.7. The van der Waals surface area contributed by atoms with E-state index >= 15 is 0 Å². The Balaban J connectivity index is 1.91. The summed E-state index contributed by atoms with van der Waals surface area (Å²) in [6, 6.07) is 24.1. The molecule has 0 spiro atoms. The molecule has 0 aromatic heterocycles. The smallest absolute Gasteiger partial charge is 0.265 e. The minimum absolute atomic E-state index is 0.0268. The lowest BCUT2D eigenvalue weighted by Crippen LogP contribution is -2.54. The number of hydrogen-bond donors (Lipinski definition) is 1. The molecule has 2 atom stereocenters. The molecule has 13 heteroatoms. The normalized spacial score (nSPS) is 12.2. The lowest BCUT2D eigenvalue weighted by molar-refractivity contribution is -0.140. The Labute approximate surface area is 306 Å². The first kappa shape index (κ1) is 39.4. The van der Waals surface area contributed by atoms with Crippen LogP contribution < -0.4 is 33.3 Å². The lowest BCUT2D eigenvalue weighted by atomic mass is 10.0. The first-order chi connectivity index (χ1) is 25.0. The van der Waals surface area contributed by atoms with Crippen LogP contribution in [0.5, 0.6) is 28.7 Å². The van der Waals surface area contributed by atoms with E-state index in [1.54, 1.807) is 30.3 Å². The van der Waals surface area contributed by atoms with E-state index in [9.17, 15) is 18.0 Å². The van der Waals surface area contributed by atoms with Crippen LogP contribution >= 0.6 is 0 Å².